The number of pyridine rings is 1. The first kappa shape index (κ1) is 25.6. The van der Waals surface area contributed by atoms with Crippen LogP contribution in [0.5, 0.6) is 11.5 Å². The summed E-state index contributed by atoms with van der Waals surface area (Å²) in [6.07, 6.45) is 3.47. The summed E-state index contributed by atoms with van der Waals surface area (Å²) in [4.78, 5) is 37.2. The van der Waals surface area contributed by atoms with Crippen LogP contribution in [0.1, 0.15) is 24.1 Å². The molecule has 1 aliphatic heterocycles. The van der Waals surface area contributed by atoms with Crippen LogP contribution in [0.4, 0.5) is 0 Å². The monoisotopic (exact) mass is 459 g/mol. The Bertz CT molecular complexity index is 917. The maximum atomic E-state index is 12.4. The zero-order valence-corrected chi connectivity index (χ0v) is 18.7. The topological polar surface area (TPSA) is 138 Å². The molecule has 0 saturated carbocycles. The average Bonchev–Trinajstić information content (AvgIpc) is 2.84. The number of carboxylic acids is 2. The van der Waals surface area contributed by atoms with E-state index in [9.17, 15) is 4.79 Å². The maximum absolute atomic E-state index is 12.4. The van der Waals surface area contributed by atoms with Crippen molar-refractivity contribution in [3.05, 3.63) is 53.9 Å². The van der Waals surface area contributed by atoms with Gasteiger partial charge in [-0.2, -0.15) is 0 Å². The van der Waals surface area contributed by atoms with Crippen molar-refractivity contribution in [1.82, 2.24) is 15.2 Å². The second-order valence-electron chi connectivity index (χ2n) is 7.38. The van der Waals surface area contributed by atoms with Crippen LogP contribution in [0.15, 0.2) is 42.6 Å². The highest BCUT2D eigenvalue weighted by Gasteiger charge is 2.25. The summed E-state index contributed by atoms with van der Waals surface area (Å²) in [6.45, 7) is 3.06. The summed E-state index contributed by atoms with van der Waals surface area (Å²) in [6, 6.07) is 11.6. The Balaban J connectivity index is 0.000000569. The molecule has 2 aromatic rings. The number of ether oxygens (including phenoxy) is 2. The Morgan fingerprint density at radius 3 is 2.30 bits per heavy atom. The molecule has 10 nitrogen and oxygen atoms in total. The normalized spacial score (nSPS) is 13.9. The second-order valence-corrected chi connectivity index (χ2v) is 7.38. The maximum Gasteiger partial charge on any atom is 0.414 e. The number of carbonyl (C=O) groups excluding carboxylic acids is 1. The molecular formula is C23H29N3O7. The second kappa shape index (κ2) is 13.0. The fraction of sp³-hybridized carbons (Fsp3) is 0.391. The first-order chi connectivity index (χ1) is 15.8. The summed E-state index contributed by atoms with van der Waals surface area (Å²) < 4.78 is 10.8. The van der Waals surface area contributed by atoms with Gasteiger partial charge in [-0.15, -0.1) is 0 Å². The van der Waals surface area contributed by atoms with Crippen molar-refractivity contribution < 1.29 is 34.1 Å². The highest BCUT2D eigenvalue weighted by Crippen LogP contribution is 2.27. The van der Waals surface area contributed by atoms with Crippen molar-refractivity contribution in [2.45, 2.75) is 25.9 Å². The number of nitrogens with zero attached hydrogens (tertiary/aromatic N) is 2. The number of hydrogen-bond donors (Lipinski definition) is 3. The number of amides is 1. The SMILES string of the molecule is COc1ccc(OC)c(CN2CCC(C(=O)NCc3ccccn3)CC2)c1.O=C(O)C(=O)O. The van der Waals surface area contributed by atoms with E-state index >= 15 is 0 Å². The molecule has 1 amide bonds. The van der Waals surface area contributed by atoms with E-state index in [1.54, 1.807) is 20.4 Å². The van der Waals surface area contributed by atoms with Gasteiger partial charge in [0.2, 0.25) is 5.91 Å². The van der Waals surface area contributed by atoms with Crippen LogP contribution in [0.3, 0.4) is 0 Å². The van der Waals surface area contributed by atoms with Crippen LogP contribution in [0.2, 0.25) is 0 Å². The van der Waals surface area contributed by atoms with Crippen molar-refractivity contribution in [3.8, 4) is 11.5 Å². The van der Waals surface area contributed by atoms with Gasteiger partial charge in [-0.25, -0.2) is 9.59 Å². The highest BCUT2D eigenvalue weighted by atomic mass is 16.5. The molecule has 178 valence electrons. The lowest BCUT2D eigenvalue weighted by Gasteiger charge is -2.31. The number of likely N-dealkylation sites (tertiary alicyclic amines) is 1. The molecule has 1 aromatic heterocycles. The average molecular weight is 459 g/mol. The number of benzene rings is 1. The lowest BCUT2D eigenvalue weighted by atomic mass is 9.95. The van der Waals surface area contributed by atoms with Crippen LogP contribution in [-0.4, -0.2) is 65.3 Å². The third-order valence-electron chi connectivity index (χ3n) is 5.19. The predicted octanol–water partition coefficient (Wildman–Crippen LogP) is 1.78. The lowest BCUT2D eigenvalue weighted by molar-refractivity contribution is -0.159. The van der Waals surface area contributed by atoms with Crippen molar-refractivity contribution in [2.24, 2.45) is 5.92 Å². The third-order valence-corrected chi connectivity index (χ3v) is 5.19. The van der Waals surface area contributed by atoms with E-state index in [4.69, 9.17) is 29.3 Å². The minimum Gasteiger partial charge on any atom is -0.497 e. The van der Waals surface area contributed by atoms with E-state index in [0.717, 1.165) is 55.2 Å². The molecule has 1 saturated heterocycles. The molecule has 0 unspecified atom stereocenters. The minimum atomic E-state index is -1.82. The highest BCUT2D eigenvalue weighted by molar-refractivity contribution is 6.27. The molecule has 0 aliphatic carbocycles. The first-order valence-electron chi connectivity index (χ1n) is 10.4. The number of methoxy groups -OCH3 is 2. The minimum absolute atomic E-state index is 0.0668. The number of hydrogen-bond acceptors (Lipinski definition) is 7. The van der Waals surface area contributed by atoms with E-state index in [0.29, 0.717) is 6.54 Å². The number of carboxylic acid groups (broad SMARTS) is 2. The smallest absolute Gasteiger partial charge is 0.414 e. The Kier molecular flexibility index (Phi) is 10.1. The van der Waals surface area contributed by atoms with Crippen molar-refractivity contribution in [1.29, 1.82) is 0 Å². The summed E-state index contributed by atoms with van der Waals surface area (Å²) in [5, 5.41) is 17.8. The van der Waals surface area contributed by atoms with Gasteiger partial charge < -0.3 is 25.0 Å². The van der Waals surface area contributed by atoms with E-state index < -0.39 is 11.9 Å². The molecule has 1 aliphatic rings. The van der Waals surface area contributed by atoms with E-state index in [2.05, 4.69) is 15.2 Å². The number of aliphatic carboxylic acids is 2. The predicted molar refractivity (Wildman–Crippen MR) is 119 cm³/mol. The number of carbonyl (C=O) groups is 3. The van der Waals surface area contributed by atoms with Crippen LogP contribution < -0.4 is 14.8 Å². The van der Waals surface area contributed by atoms with E-state index in [1.807, 2.05) is 36.4 Å². The van der Waals surface area contributed by atoms with Gasteiger partial charge in [0.15, 0.2) is 0 Å². The summed E-state index contributed by atoms with van der Waals surface area (Å²) in [7, 11) is 3.35. The third kappa shape index (κ3) is 8.41. The zero-order chi connectivity index (χ0) is 24.2. The molecule has 1 aromatic carbocycles. The van der Waals surface area contributed by atoms with Gasteiger partial charge >= 0.3 is 11.9 Å². The summed E-state index contributed by atoms with van der Waals surface area (Å²) >= 11 is 0. The summed E-state index contributed by atoms with van der Waals surface area (Å²) in [5.74, 6) is -1.76. The quantitative estimate of drug-likeness (QED) is 0.529. The zero-order valence-electron chi connectivity index (χ0n) is 18.7. The molecule has 3 rings (SSSR count). The molecule has 10 heteroatoms. The fourth-order valence-corrected chi connectivity index (χ4v) is 3.42. The Labute approximate surface area is 192 Å². The van der Waals surface area contributed by atoms with Crippen molar-refractivity contribution in [2.75, 3.05) is 27.3 Å². The van der Waals surface area contributed by atoms with Crippen LogP contribution in [0, 0.1) is 5.92 Å². The Morgan fingerprint density at radius 2 is 1.76 bits per heavy atom. The van der Waals surface area contributed by atoms with Gasteiger partial charge in [0.1, 0.15) is 11.5 Å². The molecule has 3 N–H and O–H groups in total. The molecule has 33 heavy (non-hydrogen) atoms. The van der Waals surface area contributed by atoms with Crippen LogP contribution in [0.25, 0.3) is 0 Å². The van der Waals surface area contributed by atoms with Gasteiger partial charge in [-0.3, -0.25) is 14.7 Å². The number of piperidine rings is 1. The molecule has 1 fully saturated rings. The van der Waals surface area contributed by atoms with Gasteiger partial charge in [0.05, 0.1) is 26.5 Å². The molecule has 0 bridgehead atoms. The molecule has 0 atom stereocenters. The molecular weight excluding hydrogens is 430 g/mol. The Hall–Kier alpha value is -3.66. The largest absolute Gasteiger partial charge is 0.497 e. The van der Waals surface area contributed by atoms with Crippen LogP contribution >= 0.6 is 0 Å². The lowest BCUT2D eigenvalue weighted by Crippen LogP contribution is -2.40. The van der Waals surface area contributed by atoms with E-state index in [-0.39, 0.29) is 11.8 Å². The first-order valence-corrected chi connectivity index (χ1v) is 10.4. The Morgan fingerprint density at radius 1 is 1.06 bits per heavy atom. The van der Waals surface area contributed by atoms with Gasteiger partial charge in [0.25, 0.3) is 0 Å². The fourth-order valence-electron chi connectivity index (χ4n) is 3.42. The van der Waals surface area contributed by atoms with Gasteiger partial charge in [-0.05, 0) is 56.3 Å². The van der Waals surface area contributed by atoms with Crippen molar-refractivity contribution in [3.63, 3.8) is 0 Å². The molecule has 2 heterocycles. The number of nitrogens with one attached hydrogen (secondary N) is 1. The van der Waals surface area contributed by atoms with E-state index in [1.165, 1.54) is 0 Å². The number of rotatable bonds is 7. The molecule has 0 spiro atoms. The van der Waals surface area contributed by atoms with Crippen LogP contribution in [-0.2, 0) is 27.5 Å². The summed E-state index contributed by atoms with van der Waals surface area (Å²) in [5.41, 5.74) is 1.99. The molecule has 0 radical (unpaired) electrons. The number of aromatic nitrogens is 1. The van der Waals surface area contributed by atoms with Gasteiger partial charge in [-0.1, -0.05) is 6.07 Å². The van der Waals surface area contributed by atoms with Gasteiger partial charge in [0, 0.05) is 24.2 Å². The standard InChI is InChI=1S/C21H27N3O3.C2H2O4/c1-26-19-6-7-20(27-2)17(13-19)15-24-11-8-16(9-12-24)21(25)23-14-18-5-3-4-10-22-18;3-1(4)2(5)6/h3-7,10,13,16H,8-9,11-12,14-15H2,1-2H3,(H,23,25);(H,3,4)(H,5,6). The van der Waals surface area contributed by atoms with Crippen molar-refractivity contribution >= 4 is 17.8 Å².